The molecule has 0 fully saturated rings. The summed E-state index contributed by atoms with van der Waals surface area (Å²) in [6, 6.07) is 11.3. The fourth-order valence-corrected chi connectivity index (χ4v) is 5.71. The molecule has 0 saturated heterocycles. The third-order valence-corrected chi connectivity index (χ3v) is 9.36. The smallest absolute Gasteiger partial charge is 0.480 e. The molecule has 1 radical (unpaired) electrons. The van der Waals surface area contributed by atoms with Crippen LogP contribution in [0.1, 0.15) is 208 Å². The molecule has 5 amide bonds. The van der Waals surface area contributed by atoms with Crippen molar-refractivity contribution in [2.24, 2.45) is 32.7 Å². The number of nitrogens with zero attached hydrogens (tertiary/aromatic N) is 6. The van der Waals surface area contributed by atoms with Gasteiger partial charge >= 0.3 is 67.7 Å². The first-order chi connectivity index (χ1) is 53.2. The topological polar surface area (TPSA) is 662 Å². The number of amidine groups is 1. The van der Waals surface area contributed by atoms with E-state index < -0.39 is 98.3 Å². The van der Waals surface area contributed by atoms with Crippen LogP contribution in [0.5, 0.6) is 0 Å². The Balaban J connectivity index is -0.000000129. The van der Waals surface area contributed by atoms with Crippen molar-refractivity contribution in [2.45, 2.75) is 258 Å². The number of hydrogen-bond acceptors (Lipinski definition) is 36. The minimum atomic E-state index is -1.50. The van der Waals surface area contributed by atoms with Crippen LogP contribution >= 0.6 is 27.7 Å². The van der Waals surface area contributed by atoms with Gasteiger partial charge in [0.1, 0.15) is 88.5 Å². The van der Waals surface area contributed by atoms with Gasteiger partial charge < -0.3 is 63.4 Å². The van der Waals surface area contributed by atoms with Gasteiger partial charge in [0, 0.05) is 43.3 Å². The van der Waals surface area contributed by atoms with Crippen molar-refractivity contribution in [1.29, 1.82) is 5.26 Å². The minimum Gasteiger partial charge on any atom is -0.480 e. The number of halogens is 1. The average Bonchev–Trinajstić information content (AvgIpc) is 0.906. The molecular formula is C69H138AgBrN22O25S+. The van der Waals surface area contributed by atoms with E-state index in [1.165, 1.54) is 25.6 Å². The zero-order chi connectivity index (χ0) is 94.9. The summed E-state index contributed by atoms with van der Waals surface area (Å²) in [5, 5.41) is 43.6. The van der Waals surface area contributed by atoms with Gasteiger partial charge in [-0.25, -0.2) is 67.4 Å². The van der Waals surface area contributed by atoms with E-state index in [1.807, 2.05) is 71.9 Å². The van der Waals surface area contributed by atoms with Crippen LogP contribution in [0, 0.1) is 21.4 Å². The zero-order valence-electron chi connectivity index (χ0n) is 75.9. The van der Waals surface area contributed by atoms with E-state index in [4.69, 9.17) is 84.6 Å². The molecule has 0 aliphatic rings. The number of carbonyl (C=O) groups is 11. The van der Waals surface area contributed by atoms with Crippen molar-refractivity contribution in [3.63, 3.8) is 0 Å². The molecule has 0 atom stereocenters. The second-order valence-corrected chi connectivity index (χ2v) is 32.3. The van der Waals surface area contributed by atoms with Crippen molar-refractivity contribution < 1.29 is 139 Å². The van der Waals surface area contributed by atoms with Crippen LogP contribution in [0.15, 0.2) is 45.6 Å². The molecule has 0 aliphatic heterocycles. The number of hydrogen-bond donors (Lipinski definition) is 18. The van der Waals surface area contributed by atoms with E-state index in [0.29, 0.717) is 11.6 Å². The molecule has 50 heteroatoms. The van der Waals surface area contributed by atoms with Gasteiger partial charge in [-0.05, 0) is 213 Å². The van der Waals surface area contributed by atoms with E-state index in [-0.39, 0.29) is 95.9 Å². The van der Waals surface area contributed by atoms with Gasteiger partial charge in [-0.3, -0.25) is 72.5 Å². The number of amides is 5. The number of aliphatic carboxylic acids is 1. The van der Waals surface area contributed by atoms with Crippen molar-refractivity contribution in [3.8, 4) is 6.07 Å². The number of nitrogens with two attached hydrogens (primary N) is 3. The SMILES string of the molecule is CC#N.CC(=O)OCc1ccccc1.CC(C)(C)OC(=O)CBr.CC(C)(C)OC(=O)CN(N)C(=O)OC(C)(C)C.CC(C)(C)OC(=O)CNNC(=NNC(=O)OC(C)(C)C)NC(=O)OC(C)(C)C.CNN.CNNC(N)=NNCC(=O)O.CNNCC(=O)OC(C)(C)C.CS/C(=N/NC(=O)OC(C)(C)C)NNC(=O)OC(C)(C)C.O=[N+]([O-])O.[Ag].[H+]. The number of hydrazine groups is 6. The average molecular weight is 1900 g/mol. The molecule has 0 bridgehead atoms. The summed E-state index contributed by atoms with van der Waals surface area (Å²) in [7, 11) is 4.96. The van der Waals surface area contributed by atoms with E-state index in [1.54, 1.807) is 179 Å². The molecular weight excluding hydrogens is 1760 g/mol. The molecule has 697 valence electrons. The summed E-state index contributed by atoms with van der Waals surface area (Å²) < 4.78 is 50.0. The predicted molar refractivity (Wildman–Crippen MR) is 447 cm³/mol. The number of thioether (sulfide) groups is 1. The normalized spacial score (nSPS) is 11.0. The standard InChI is InChI=1S/C17H33N5O6.C12H24N4O4S.C11H22N2O4.C9H10O2.C7H16N2O2.C6H11BrO2.C4H11N5O2.C2H3N.CH6N2.Ag.HNO3/c1-15(2,3)26-11(23)10-18-20-12(19-13(24)27-16(4,5)6)21-22-14(25)28-17(7,8)9;1-11(2,3)19-9(17)15-13-8(21-7)14-16-10(18)20-12(4,5)6;1-10(2,3)16-8(14)7-13(12)9(15)17-11(4,5)6;1-8(10)11-7-9-5-3-2-4-6-9;1-7(2,3)11-6(10)5-9-8-4;1-6(2,3)9-5(8)4-7;1-6-8-4(5)9-7-2-3(10)11;1-2-3;1-3-2;;2-1(3)4/h18H,10H2,1-9H3,(H,22,25)(H2,19,20,21,24);1-7H3,(H,13,14)(H,15,17)(H,16,18);7,12H2,1-6H3;2-6H,7H2,1H3;8-9H,5H2,1-4H3;4H2,1-3H3;6-7H,2H2,1H3,(H,10,11)(H3,5,8,9);1H3;3H,2H2,1H3;;(H,2,3,4)/p+1. The van der Waals surface area contributed by atoms with Crippen molar-refractivity contribution in [3.05, 3.63) is 46.0 Å². The van der Waals surface area contributed by atoms with E-state index in [0.717, 1.165) is 5.56 Å². The van der Waals surface area contributed by atoms with Crippen molar-refractivity contribution in [2.75, 3.05) is 58.9 Å². The first-order valence-corrected chi connectivity index (χ1v) is 37.5. The Morgan fingerprint density at radius 1 is 0.555 bits per heavy atom. The number of alkyl carbamates (subject to hydrolysis) is 1. The second kappa shape index (κ2) is 69.2. The Morgan fingerprint density at radius 2 is 0.908 bits per heavy atom. The maximum Gasteiger partial charge on any atom is 1.00 e. The van der Waals surface area contributed by atoms with Gasteiger partial charge in [0.2, 0.25) is 11.9 Å². The molecule has 47 nitrogen and oxygen atoms in total. The largest absolute Gasteiger partial charge is 1.00 e. The Bertz CT molecular complexity index is 3200. The molecule has 0 saturated carbocycles. The zero-order valence-corrected chi connectivity index (χ0v) is 78.8. The van der Waals surface area contributed by atoms with Crippen LogP contribution in [0.25, 0.3) is 0 Å². The molecule has 1 rings (SSSR count). The summed E-state index contributed by atoms with van der Waals surface area (Å²) in [5.74, 6) is 7.04. The number of rotatable bonds is 17. The van der Waals surface area contributed by atoms with Crippen LogP contribution in [0.2, 0.25) is 0 Å². The second-order valence-electron chi connectivity index (χ2n) is 31.0. The van der Waals surface area contributed by atoms with E-state index >= 15 is 0 Å². The Kier molecular flexibility index (Phi) is 75.7. The van der Waals surface area contributed by atoms with Crippen LogP contribution < -0.4 is 87.8 Å². The van der Waals surface area contributed by atoms with Gasteiger partial charge in [-0.15, -0.1) is 25.4 Å². The maximum atomic E-state index is 11.9. The Hall–Kier alpha value is -9.62. The number of carboxylic acids is 1. The molecule has 119 heavy (non-hydrogen) atoms. The van der Waals surface area contributed by atoms with Crippen LogP contribution in [0.4, 0.5) is 24.0 Å². The third-order valence-electron chi connectivity index (χ3n) is 8.32. The molecule has 0 aliphatic carbocycles. The third kappa shape index (κ3) is 127. The van der Waals surface area contributed by atoms with Gasteiger partial charge in [0.05, 0.1) is 6.07 Å². The number of nitriles is 1. The van der Waals surface area contributed by atoms with Gasteiger partial charge in [0.15, 0.2) is 5.17 Å². The van der Waals surface area contributed by atoms with Crippen LogP contribution in [-0.4, -0.2) is 213 Å². The fraction of sp³-hybridized carbons (Fsp3) is 0.696. The van der Waals surface area contributed by atoms with Crippen LogP contribution in [-0.2, 0) is 105 Å². The fourth-order valence-electron chi connectivity index (χ4n) is 5.31. The first-order valence-electron chi connectivity index (χ1n) is 35.1. The monoisotopic (exact) mass is 1890 g/mol. The Morgan fingerprint density at radius 3 is 1.24 bits per heavy atom. The number of nitrogens with one attached hydrogen (secondary N) is 13. The van der Waals surface area contributed by atoms with Gasteiger partial charge in [-0.2, -0.15) is 5.26 Å². The number of hydrazone groups is 3. The number of guanidine groups is 2. The number of alkyl halides is 1. The Labute approximate surface area is 728 Å². The quantitative estimate of drug-likeness (QED) is 0.00828. The van der Waals surface area contributed by atoms with E-state index in [2.05, 4.69) is 108 Å². The van der Waals surface area contributed by atoms with Gasteiger partial charge in [-0.1, -0.05) is 58.0 Å². The first kappa shape index (κ1) is 130. The summed E-state index contributed by atoms with van der Waals surface area (Å²) >= 11 is 4.18. The number of carbonyl (C=O) groups excluding carboxylic acids is 10. The minimum absolute atomic E-state index is 0. The summed E-state index contributed by atoms with van der Waals surface area (Å²) in [5.41, 5.74) is 29.8. The molecule has 1 aromatic rings. The molecule has 0 spiro atoms. The molecule has 0 unspecified atom stereocenters. The predicted octanol–water partition coefficient (Wildman–Crippen LogP) is 5.87. The van der Waals surface area contributed by atoms with E-state index in [9.17, 15) is 52.7 Å². The molecule has 0 aromatic heterocycles. The number of esters is 5. The summed E-state index contributed by atoms with van der Waals surface area (Å²) in [6.45, 7) is 49.8. The van der Waals surface area contributed by atoms with Crippen molar-refractivity contribution >= 4 is 111 Å². The number of carboxylic acid groups (broad SMARTS) is 1. The molecule has 1 aromatic carbocycles. The number of benzene rings is 1. The maximum absolute atomic E-state index is 11.9. The van der Waals surface area contributed by atoms with Crippen molar-refractivity contribution in [1.82, 2.24) is 75.4 Å². The number of ether oxygens (including phenoxy) is 10. The van der Waals surface area contributed by atoms with Crippen LogP contribution in [0.3, 0.4) is 0 Å². The molecule has 0 heterocycles. The van der Waals surface area contributed by atoms with Gasteiger partial charge in [0.25, 0.3) is 5.09 Å². The summed E-state index contributed by atoms with van der Waals surface area (Å²) in [6.07, 6.45) is -2.02. The summed E-state index contributed by atoms with van der Waals surface area (Å²) in [4.78, 5) is 131. The molecule has 21 N–H and O–H groups in total.